The molecule has 4 aliphatic carbocycles. The van der Waals surface area contributed by atoms with Gasteiger partial charge in [0.05, 0.1) is 5.41 Å². The summed E-state index contributed by atoms with van der Waals surface area (Å²) in [6.45, 7) is 0. The molecule has 2 N–H and O–H groups in total. The van der Waals surface area contributed by atoms with Crippen molar-refractivity contribution in [3.63, 3.8) is 0 Å². The van der Waals surface area contributed by atoms with E-state index in [9.17, 15) is 14.7 Å². The monoisotopic (exact) mass is 305 g/mol. The van der Waals surface area contributed by atoms with Crippen molar-refractivity contribution < 1.29 is 14.7 Å². The summed E-state index contributed by atoms with van der Waals surface area (Å²) in [5.74, 6) is -0.300. The summed E-state index contributed by atoms with van der Waals surface area (Å²) in [6.07, 6.45) is 14.1. The van der Waals surface area contributed by atoms with Crippen LogP contribution in [0.3, 0.4) is 0 Å². The lowest BCUT2D eigenvalue weighted by atomic mass is 9.57. The Hall–Kier alpha value is -1.32. The second-order valence-electron chi connectivity index (χ2n) is 7.53. The molecule has 0 radical (unpaired) electrons. The van der Waals surface area contributed by atoms with Gasteiger partial charge >= 0.3 is 5.97 Å². The van der Waals surface area contributed by atoms with Gasteiger partial charge in [-0.25, -0.2) is 0 Å². The topological polar surface area (TPSA) is 66.4 Å². The van der Waals surface area contributed by atoms with Gasteiger partial charge in [0.15, 0.2) is 0 Å². The highest BCUT2D eigenvalue weighted by Gasteiger charge is 2.53. The summed E-state index contributed by atoms with van der Waals surface area (Å²) >= 11 is 0. The molecule has 22 heavy (non-hydrogen) atoms. The lowest BCUT2D eigenvalue weighted by molar-refractivity contribution is -0.157. The van der Waals surface area contributed by atoms with Gasteiger partial charge in [-0.1, -0.05) is 12.2 Å². The highest BCUT2D eigenvalue weighted by molar-refractivity contribution is 5.80. The van der Waals surface area contributed by atoms with E-state index in [0.29, 0.717) is 0 Å². The normalized spacial score (nSPS) is 39.5. The lowest BCUT2D eigenvalue weighted by Gasteiger charge is -2.51. The molecular weight excluding hydrogens is 278 g/mol. The molecule has 3 saturated carbocycles. The molecule has 0 aliphatic heterocycles. The molecule has 0 aromatic heterocycles. The molecule has 2 bridgehead atoms. The molecule has 4 rings (SSSR count). The number of aliphatic carboxylic acids is 1. The van der Waals surface area contributed by atoms with Gasteiger partial charge in [0.25, 0.3) is 0 Å². The standard InChI is InChI=1S/C18H27NO3/c20-15(14-6-4-2-1-3-5-7-14)19-18-11-8-17(9-12-18,10-13-18)16(21)22/h1-2,14H,3-13H2,(H,19,20)(H,21,22)/b2-1-. The van der Waals surface area contributed by atoms with E-state index in [1.807, 2.05) is 0 Å². The van der Waals surface area contributed by atoms with Crippen molar-refractivity contribution in [2.24, 2.45) is 11.3 Å². The van der Waals surface area contributed by atoms with Gasteiger partial charge in [-0.15, -0.1) is 0 Å². The van der Waals surface area contributed by atoms with Gasteiger partial charge in [-0.05, 0) is 70.6 Å². The number of carbonyl (C=O) groups excluding carboxylic acids is 1. The number of rotatable bonds is 3. The number of carboxylic acids is 1. The van der Waals surface area contributed by atoms with Gasteiger partial charge < -0.3 is 10.4 Å². The fourth-order valence-electron chi connectivity index (χ4n) is 4.48. The molecule has 122 valence electrons. The van der Waals surface area contributed by atoms with Crippen LogP contribution in [0.25, 0.3) is 0 Å². The van der Waals surface area contributed by atoms with Gasteiger partial charge in [-0.3, -0.25) is 9.59 Å². The predicted octanol–water partition coefficient (Wildman–Crippen LogP) is 3.42. The number of fused-ring (bicyclic) bond motifs is 3. The first-order valence-electron chi connectivity index (χ1n) is 8.76. The zero-order valence-corrected chi connectivity index (χ0v) is 13.3. The Morgan fingerprint density at radius 1 is 0.955 bits per heavy atom. The van der Waals surface area contributed by atoms with E-state index in [1.165, 1.54) is 0 Å². The van der Waals surface area contributed by atoms with Crippen LogP contribution in [0.5, 0.6) is 0 Å². The lowest BCUT2D eigenvalue weighted by Crippen LogP contribution is -2.59. The second kappa shape index (κ2) is 6.05. The second-order valence-corrected chi connectivity index (χ2v) is 7.53. The molecule has 0 saturated heterocycles. The molecule has 4 heteroatoms. The highest BCUT2D eigenvalue weighted by Crippen LogP contribution is 2.52. The predicted molar refractivity (Wildman–Crippen MR) is 84.4 cm³/mol. The van der Waals surface area contributed by atoms with Crippen molar-refractivity contribution in [1.82, 2.24) is 5.32 Å². The number of hydrogen-bond acceptors (Lipinski definition) is 2. The number of allylic oxidation sites excluding steroid dienone is 2. The van der Waals surface area contributed by atoms with E-state index in [4.69, 9.17) is 0 Å². The number of carbonyl (C=O) groups is 2. The zero-order valence-electron chi connectivity index (χ0n) is 13.3. The summed E-state index contributed by atoms with van der Waals surface area (Å²) in [4.78, 5) is 24.2. The third-order valence-corrected chi connectivity index (χ3v) is 6.23. The largest absolute Gasteiger partial charge is 0.481 e. The number of hydrogen-bond donors (Lipinski definition) is 2. The molecule has 4 aliphatic rings. The average molecular weight is 305 g/mol. The molecule has 1 unspecified atom stereocenters. The maximum absolute atomic E-state index is 12.7. The van der Waals surface area contributed by atoms with E-state index in [1.54, 1.807) is 0 Å². The molecule has 0 spiro atoms. The third-order valence-electron chi connectivity index (χ3n) is 6.23. The first-order valence-corrected chi connectivity index (χ1v) is 8.76. The van der Waals surface area contributed by atoms with Crippen molar-refractivity contribution in [2.75, 3.05) is 0 Å². The summed E-state index contributed by atoms with van der Waals surface area (Å²) in [6, 6.07) is 0. The Morgan fingerprint density at radius 3 is 2.23 bits per heavy atom. The summed E-state index contributed by atoms with van der Waals surface area (Å²) < 4.78 is 0. The van der Waals surface area contributed by atoms with E-state index in [2.05, 4.69) is 17.5 Å². The van der Waals surface area contributed by atoms with Gasteiger partial charge in [0, 0.05) is 11.5 Å². The summed E-state index contributed by atoms with van der Waals surface area (Å²) in [5.41, 5.74) is -0.621. The van der Waals surface area contributed by atoms with Crippen LogP contribution in [0, 0.1) is 11.3 Å². The van der Waals surface area contributed by atoms with Crippen LogP contribution >= 0.6 is 0 Å². The maximum atomic E-state index is 12.7. The maximum Gasteiger partial charge on any atom is 0.309 e. The molecule has 0 heterocycles. The van der Waals surface area contributed by atoms with Crippen LogP contribution in [-0.2, 0) is 9.59 Å². The molecule has 3 fully saturated rings. The van der Waals surface area contributed by atoms with Crippen LogP contribution in [0.4, 0.5) is 0 Å². The number of amides is 1. The van der Waals surface area contributed by atoms with E-state index < -0.39 is 11.4 Å². The Labute approximate surface area is 132 Å². The molecule has 0 aromatic carbocycles. The molecule has 0 aromatic rings. The molecule has 1 atom stereocenters. The molecule has 4 nitrogen and oxygen atoms in total. The fraction of sp³-hybridized carbons (Fsp3) is 0.778. The zero-order chi connectivity index (χ0) is 15.6. The highest BCUT2D eigenvalue weighted by atomic mass is 16.4. The first kappa shape index (κ1) is 15.6. The molecule has 1 amide bonds. The Bertz CT molecular complexity index is 458. The van der Waals surface area contributed by atoms with Crippen LogP contribution in [0.15, 0.2) is 12.2 Å². The molecular formula is C18H27NO3. The fourth-order valence-corrected chi connectivity index (χ4v) is 4.48. The van der Waals surface area contributed by atoms with Gasteiger partial charge in [-0.2, -0.15) is 0 Å². The minimum atomic E-state index is -0.640. The third kappa shape index (κ3) is 2.92. The minimum Gasteiger partial charge on any atom is -0.481 e. The Kier molecular flexibility index (Phi) is 4.28. The van der Waals surface area contributed by atoms with Crippen molar-refractivity contribution in [2.45, 2.75) is 76.2 Å². The minimum absolute atomic E-state index is 0.119. The summed E-state index contributed by atoms with van der Waals surface area (Å²) in [5, 5.41) is 12.8. The van der Waals surface area contributed by atoms with Crippen molar-refractivity contribution in [3.05, 3.63) is 12.2 Å². The van der Waals surface area contributed by atoms with Crippen LogP contribution < -0.4 is 5.32 Å². The van der Waals surface area contributed by atoms with E-state index in [0.717, 1.165) is 70.6 Å². The Balaban J connectivity index is 1.60. The summed E-state index contributed by atoms with van der Waals surface area (Å²) in [7, 11) is 0. The smallest absolute Gasteiger partial charge is 0.309 e. The van der Waals surface area contributed by atoms with Crippen molar-refractivity contribution in [3.8, 4) is 0 Å². The number of carboxylic acid groups (broad SMARTS) is 1. The Morgan fingerprint density at radius 2 is 1.59 bits per heavy atom. The van der Waals surface area contributed by atoms with Crippen LogP contribution in [-0.4, -0.2) is 22.5 Å². The van der Waals surface area contributed by atoms with Crippen molar-refractivity contribution in [1.29, 1.82) is 0 Å². The average Bonchev–Trinajstić information content (AvgIpc) is 2.48. The van der Waals surface area contributed by atoms with E-state index >= 15 is 0 Å². The van der Waals surface area contributed by atoms with Crippen LogP contribution in [0.1, 0.15) is 70.6 Å². The first-order chi connectivity index (χ1) is 10.6. The SMILES string of the molecule is O=C(NC12CCC(C(=O)O)(CC1)CC2)C1CC/C=C\CCC1. The van der Waals surface area contributed by atoms with Gasteiger partial charge in [0.1, 0.15) is 0 Å². The van der Waals surface area contributed by atoms with E-state index in [-0.39, 0.29) is 17.4 Å². The van der Waals surface area contributed by atoms with Gasteiger partial charge in [0.2, 0.25) is 5.91 Å². The quantitative estimate of drug-likeness (QED) is 0.785. The number of nitrogens with one attached hydrogen (secondary N) is 1. The van der Waals surface area contributed by atoms with Crippen molar-refractivity contribution >= 4 is 11.9 Å². The van der Waals surface area contributed by atoms with Crippen LogP contribution in [0.2, 0.25) is 0 Å².